The molecule has 0 saturated heterocycles. The quantitative estimate of drug-likeness (QED) is 0.435. The number of fused-ring (bicyclic) bond motifs is 1. The third-order valence-corrected chi connectivity index (χ3v) is 7.58. The summed E-state index contributed by atoms with van der Waals surface area (Å²) in [6.45, 7) is 3.97. The van der Waals surface area contributed by atoms with Crippen LogP contribution in [0.3, 0.4) is 0 Å². The molecule has 0 aliphatic rings. The second kappa shape index (κ2) is 8.72. The van der Waals surface area contributed by atoms with Crippen LogP contribution < -0.4 is 4.72 Å². The molecule has 1 N–H and O–H groups in total. The molecule has 0 aliphatic carbocycles. The molecule has 6 nitrogen and oxygen atoms in total. The number of anilines is 1. The normalized spacial score (nSPS) is 11.5. The van der Waals surface area contributed by atoms with Crippen LogP contribution in [0.2, 0.25) is 0 Å². The first-order chi connectivity index (χ1) is 15.2. The highest BCUT2D eigenvalue weighted by molar-refractivity contribution is 7.92. The van der Waals surface area contributed by atoms with E-state index in [1.165, 1.54) is 12.1 Å². The number of para-hydroxylation sites is 2. The van der Waals surface area contributed by atoms with Crippen molar-refractivity contribution in [3.63, 3.8) is 0 Å². The van der Waals surface area contributed by atoms with E-state index in [0.29, 0.717) is 23.4 Å². The van der Waals surface area contributed by atoms with Gasteiger partial charge in [0.15, 0.2) is 0 Å². The first-order valence-electron chi connectivity index (χ1n) is 10.0. The van der Waals surface area contributed by atoms with Crippen LogP contribution >= 0.6 is 11.3 Å². The maximum Gasteiger partial charge on any atom is 0.261 e. The summed E-state index contributed by atoms with van der Waals surface area (Å²) in [5, 5.41) is 0.824. The number of amides is 1. The second-order valence-electron chi connectivity index (χ2n) is 7.63. The van der Waals surface area contributed by atoms with E-state index in [0.717, 1.165) is 20.8 Å². The van der Waals surface area contributed by atoms with Gasteiger partial charge in [0, 0.05) is 12.6 Å². The van der Waals surface area contributed by atoms with Crippen molar-refractivity contribution in [1.82, 2.24) is 9.88 Å². The minimum Gasteiger partial charge on any atom is -0.335 e. The predicted molar refractivity (Wildman–Crippen MR) is 129 cm³/mol. The maximum atomic E-state index is 13.2. The number of hydrogen-bond acceptors (Lipinski definition) is 5. The molecule has 0 spiro atoms. The van der Waals surface area contributed by atoms with E-state index in [1.807, 2.05) is 43.3 Å². The van der Waals surface area contributed by atoms with E-state index < -0.39 is 10.0 Å². The summed E-state index contributed by atoms with van der Waals surface area (Å²) >= 11 is 1.54. The molecule has 0 radical (unpaired) electrons. The zero-order valence-electron chi connectivity index (χ0n) is 18.0. The molecule has 0 fully saturated rings. The molecule has 8 heteroatoms. The van der Waals surface area contributed by atoms with Gasteiger partial charge in [-0.05, 0) is 55.3 Å². The Morgan fingerprint density at radius 2 is 1.72 bits per heavy atom. The topological polar surface area (TPSA) is 79.4 Å². The molecule has 0 bridgehead atoms. The Bertz CT molecular complexity index is 1380. The molecule has 0 saturated carbocycles. The molecule has 32 heavy (non-hydrogen) atoms. The third-order valence-electron chi connectivity index (χ3n) is 5.20. The van der Waals surface area contributed by atoms with Crippen molar-refractivity contribution >= 4 is 43.2 Å². The minimum atomic E-state index is -3.84. The van der Waals surface area contributed by atoms with Crippen molar-refractivity contribution in [2.75, 3.05) is 11.8 Å². The number of carbonyl (C=O) groups excluding carboxylic acids is 1. The van der Waals surface area contributed by atoms with Crippen LogP contribution in [0.1, 0.15) is 26.5 Å². The minimum absolute atomic E-state index is 0.0445. The van der Waals surface area contributed by atoms with Gasteiger partial charge in [-0.1, -0.05) is 36.4 Å². The molecule has 0 unspecified atom stereocenters. The Morgan fingerprint density at radius 1 is 1.00 bits per heavy atom. The molecule has 0 aliphatic heterocycles. The zero-order chi connectivity index (χ0) is 22.9. The van der Waals surface area contributed by atoms with Gasteiger partial charge < -0.3 is 4.90 Å². The Kier molecular flexibility index (Phi) is 5.99. The summed E-state index contributed by atoms with van der Waals surface area (Å²) < 4.78 is 29.6. The average Bonchev–Trinajstić information content (AvgIpc) is 3.17. The molecule has 1 aromatic heterocycles. The number of hydrogen-bond donors (Lipinski definition) is 1. The van der Waals surface area contributed by atoms with Crippen LogP contribution in [-0.4, -0.2) is 31.3 Å². The van der Waals surface area contributed by atoms with Crippen LogP contribution in [0.25, 0.3) is 10.2 Å². The van der Waals surface area contributed by atoms with Gasteiger partial charge in [0.2, 0.25) is 0 Å². The predicted octanol–water partition coefficient (Wildman–Crippen LogP) is 4.99. The van der Waals surface area contributed by atoms with Crippen LogP contribution in [-0.2, 0) is 16.6 Å². The van der Waals surface area contributed by atoms with Gasteiger partial charge in [-0.3, -0.25) is 9.52 Å². The lowest BCUT2D eigenvalue weighted by atomic mass is 10.1. The fourth-order valence-electron chi connectivity index (χ4n) is 3.36. The van der Waals surface area contributed by atoms with Crippen LogP contribution in [0, 0.1) is 13.8 Å². The van der Waals surface area contributed by atoms with Crippen molar-refractivity contribution in [3.8, 4) is 0 Å². The van der Waals surface area contributed by atoms with Gasteiger partial charge in [-0.2, -0.15) is 0 Å². The number of rotatable bonds is 6. The van der Waals surface area contributed by atoms with Gasteiger partial charge in [0.25, 0.3) is 15.9 Å². The summed E-state index contributed by atoms with van der Waals surface area (Å²) in [5.74, 6) is -0.255. The molecule has 1 heterocycles. The fraction of sp³-hybridized carbons (Fsp3) is 0.167. The first-order valence-corrected chi connectivity index (χ1v) is 12.3. The number of nitrogens with zero attached hydrogens (tertiary/aromatic N) is 2. The van der Waals surface area contributed by atoms with E-state index in [-0.39, 0.29) is 10.8 Å². The number of carbonyl (C=O) groups is 1. The third kappa shape index (κ3) is 4.51. The van der Waals surface area contributed by atoms with Crippen LogP contribution in [0.4, 0.5) is 5.69 Å². The van der Waals surface area contributed by atoms with E-state index in [2.05, 4.69) is 9.71 Å². The van der Waals surface area contributed by atoms with Crippen molar-refractivity contribution in [2.24, 2.45) is 0 Å². The lowest BCUT2D eigenvalue weighted by Gasteiger charge is -2.18. The lowest BCUT2D eigenvalue weighted by molar-refractivity contribution is 0.0784. The van der Waals surface area contributed by atoms with E-state index in [4.69, 9.17) is 0 Å². The van der Waals surface area contributed by atoms with Gasteiger partial charge >= 0.3 is 0 Å². The van der Waals surface area contributed by atoms with Crippen LogP contribution in [0.15, 0.2) is 71.6 Å². The van der Waals surface area contributed by atoms with E-state index in [9.17, 15) is 13.2 Å². The van der Waals surface area contributed by atoms with Gasteiger partial charge in [-0.25, -0.2) is 13.4 Å². The number of thiazole rings is 1. The number of aryl methyl sites for hydroxylation is 2. The highest BCUT2D eigenvalue weighted by atomic mass is 32.2. The highest BCUT2D eigenvalue weighted by Gasteiger charge is 2.21. The molecule has 0 atom stereocenters. The number of aromatic nitrogens is 1. The number of benzene rings is 3. The van der Waals surface area contributed by atoms with Crippen molar-refractivity contribution < 1.29 is 13.2 Å². The standard InChI is InChI=1S/C24H23N3O3S2/c1-16-12-13-18(32(29,30)26-20-9-5-4-8-17(20)2)14-19(16)24(28)27(3)15-23-25-21-10-6-7-11-22(21)31-23/h4-14,26H,15H2,1-3H3. The number of nitrogens with one attached hydrogen (secondary N) is 1. The van der Waals surface area contributed by atoms with E-state index >= 15 is 0 Å². The Morgan fingerprint density at radius 3 is 2.47 bits per heavy atom. The first kappa shape index (κ1) is 22.0. The molecule has 1 amide bonds. The fourth-order valence-corrected chi connectivity index (χ4v) is 5.54. The van der Waals surface area contributed by atoms with Gasteiger partial charge in [0.1, 0.15) is 5.01 Å². The maximum absolute atomic E-state index is 13.2. The smallest absolute Gasteiger partial charge is 0.261 e. The summed E-state index contributed by atoms with van der Waals surface area (Å²) in [4.78, 5) is 19.4. The van der Waals surface area contributed by atoms with Gasteiger partial charge in [0.05, 0.1) is 27.3 Å². The summed E-state index contributed by atoms with van der Waals surface area (Å²) in [6.07, 6.45) is 0. The summed E-state index contributed by atoms with van der Waals surface area (Å²) in [7, 11) is -2.15. The van der Waals surface area contributed by atoms with E-state index in [1.54, 1.807) is 48.4 Å². The van der Waals surface area contributed by atoms with Crippen LogP contribution in [0.5, 0.6) is 0 Å². The Labute approximate surface area is 191 Å². The van der Waals surface area contributed by atoms with Crippen molar-refractivity contribution in [1.29, 1.82) is 0 Å². The molecular weight excluding hydrogens is 442 g/mol. The zero-order valence-corrected chi connectivity index (χ0v) is 19.6. The Balaban J connectivity index is 1.58. The summed E-state index contributed by atoms with van der Waals surface area (Å²) in [5.41, 5.74) is 3.28. The average molecular weight is 466 g/mol. The SMILES string of the molecule is Cc1ccccc1NS(=O)(=O)c1ccc(C)c(C(=O)N(C)Cc2nc3ccccc3s2)c1. The van der Waals surface area contributed by atoms with Gasteiger partial charge in [-0.15, -0.1) is 11.3 Å². The van der Waals surface area contributed by atoms with Crippen molar-refractivity contribution in [2.45, 2.75) is 25.3 Å². The monoisotopic (exact) mass is 465 g/mol. The lowest BCUT2D eigenvalue weighted by Crippen LogP contribution is -2.27. The molecule has 3 aromatic carbocycles. The molecular formula is C24H23N3O3S2. The number of sulfonamides is 1. The molecule has 164 valence electrons. The largest absolute Gasteiger partial charge is 0.335 e. The molecule has 4 aromatic rings. The van der Waals surface area contributed by atoms with Crippen molar-refractivity contribution in [3.05, 3.63) is 88.4 Å². The highest BCUT2D eigenvalue weighted by Crippen LogP contribution is 2.25. The molecule has 4 rings (SSSR count). The second-order valence-corrected chi connectivity index (χ2v) is 10.4. The summed E-state index contributed by atoms with van der Waals surface area (Å²) in [6, 6.07) is 19.6. The Hall–Kier alpha value is -3.23.